The van der Waals surface area contributed by atoms with Crippen molar-refractivity contribution in [2.45, 2.75) is 19.8 Å². The smallest absolute Gasteiger partial charge is 0.224 e. The van der Waals surface area contributed by atoms with Crippen molar-refractivity contribution in [1.29, 1.82) is 0 Å². The zero-order valence-corrected chi connectivity index (χ0v) is 11.0. The summed E-state index contributed by atoms with van der Waals surface area (Å²) in [5.74, 6) is 0.409. The quantitative estimate of drug-likeness (QED) is 0.878. The molecule has 0 unspecified atom stereocenters. The Morgan fingerprint density at radius 1 is 1.00 bits per heavy atom. The summed E-state index contributed by atoms with van der Waals surface area (Å²) < 4.78 is 0. The van der Waals surface area contributed by atoms with Crippen LogP contribution in [0.15, 0.2) is 60.7 Å². The summed E-state index contributed by atoms with van der Waals surface area (Å²) >= 11 is 0. The predicted molar refractivity (Wildman–Crippen MR) is 78.1 cm³/mol. The van der Waals surface area contributed by atoms with Crippen LogP contribution in [0.2, 0.25) is 0 Å². The second kappa shape index (κ2) is 8.75. The molecule has 0 radical (unpaired) electrons. The molecule has 0 saturated carbocycles. The molecule has 1 amide bonds. The van der Waals surface area contributed by atoms with Crippen LogP contribution in [-0.4, -0.2) is 11.0 Å². The minimum atomic E-state index is 0.0868. The molecule has 0 aromatic heterocycles. The summed E-state index contributed by atoms with van der Waals surface area (Å²) in [6, 6.07) is 18.2. The van der Waals surface area contributed by atoms with Crippen LogP contribution in [0.5, 0.6) is 5.75 Å². The highest BCUT2D eigenvalue weighted by atomic mass is 16.3. The van der Waals surface area contributed by atoms with Crippen LogP contribution in [0.3, 0.4) is 0 Å². The van der Waals surface area contributed by atoms with E-state index in [1.54, 1.807) is 24.3 Å². The van der Waals surface area contributed by atoms with Crippen LogP contribution in [-0.2, 0) is 4.79 Å². The molecule has 0 aliphatic rings. The van der Waals surface area contributed by atoms with Gasteiger partial charge in [-0.05, 0) is 30.7 Å². The number of aromatic hydroxyl groups is 1. The largest absolute Gasteiger partial charge is 0.508 e. The molecule has 3 nitrogen and oxygen atoms in total. The minimum Gasteiger partial charge on any atom is -0.508 e. The molecule has 2 aromatic rings. The van der Waals surface area contributed by atoms with Crippen LogP contribution >= 0.6 is 0 Å². The average molecular weight is 257 g/mol. The second-order valence-corrected chi connectivity index (χ2v) is 4.00. The second-order valence-electron chi connectivity index (χ2n) is 4.00. The summed E-state index contributed by atoms with van der Waals surface area (Å²) in [5, 5.41) is 11.4. The first-order chi connectivity index (χ1) is 9.22. The number of hydrogen-bond donors (Lipinski definition) is 2. The molecule has 19 heavy (non-hydrogen) atoms. The van der Waals surface area contributed by atoms with Crippen molar-refractivity contribution in [3.63, 3.8) is 0 Å². The van der Waals surface area contributed by atoms with Gasteiger partial charge in [-0.1, -0.05) is 43.3 Å². The van der Waals surface area contributed by atoms with Gasteiger partial charge in [-0.2, -0.15) is 0 Å². The molecular weight excluding hydrogens is 238 g/mol. The third-order valence-corrected chi connectivity index (χ3v) is 2.29. The van der Waals surface area contributed by atoms with E-state index < -0.39 is 0 Å². The van der Waals surface area contributed by atoms with Crippen molar-refractivity contribution in [3.8, 4) is 5.75 Å². The van der Waals surface area contributed by atoms with Crippen LogP contribution in [0.1, 0.15) is 19.8 Å². The summed E-state index contributed by atoms with van der Waals surface area (Å²) in [6.45, 7) is 1.99. The number of phenolic OH excluding ortho intramolecular Hbond substituents is 1. The Morgan fingerprint density at radius 3 is 1.95 bits per heavy atom. The standard InChI is InChI=1S/C10H13NO.C6H6O/c1-2-6-10(12)11-9-7-4-3-5-8-9;7-6-4-2-1-3-5-6/h3-5,7-8H,2,6H2,1H3,(H,11,12);1-5,7H. The molecule has 100 valence electrons. The highest BCUT2D eigenvalue weighted by Gasteiger charge is 1.98. The first kappa shape index (κ1) is 14.8. The summed E-state index contributed by atoms with van der Waals surface area (Å²) in [4.78, 5) is 11.1. The number of benzene rings is 2. The third kappa shape index (κ3) is 6.88. The molecule has 0 saturated heterocycles. The maximum atomic E-state index is 11.1. The van der Waals surface area contributed by atoms with E-state index in [1.165, 1.54) is 0 Å². The highest BCUT2D eigenvalue weighted by Crippen LogP contribution is 2.05. The van der Waals surface area contributed by atoms with Crippen LogP contribution in [0, 0.1) is 0 Å². The molecule has 0 fully saturated rings. The fraction of sp³-hybridized carbons (Fsp3) is 0.188. The van der Waals surface area contributed by atoms with Gasteiger partial charge in [0.15, 0.2) is 0 Å². The number of anilines is 1. The fourth-order valence-corrected chi connectivity index (χ4v) is 1.40. The lowest BCUT2D eigenvalue weighted by Crippen LogP contribution is -2.10. The van der Waals surface area contributed by atoms with Crippen LogP contribution in [0.25, 0.3) is 0 Å². The van der Waals surface area contributed by atoms with Gasteiger partial charge < -0.3 is 10.4 Å². The normalized spacial score (nSPS) is 9.11. The molecular formula is C16H19NO2. The van der Waals surface area contributed by atoms with Gasteiger partial charge in [-0.15, -0.1) is 0 Å². The molecule has 3 heteroatoms. The van der Waals surface area contributed by atoms with Gasteiger partial charge in [-0.3, -0.25) is 4.79 Å². The molecule has 0 heterocycles. The molecule has 2 aromatic carbocycles. The van der Waals surface area contributed by atoms with Gasteiger partial charge >= 0.3 is 0 Å². The lowest BCUT2D eigenvalue weighted by Gasteiger charge is -2.02. The summed E-state index contributed by atoms with van der Waals surface area (Å²) in [5.41, 5.74) is 0.871. The number of para-hydroxylation sites is 2. The van der Waals surface area contributed by atoms with Crippen molar-refractivity contribution >= 4 is 11.6 Å². The van der Waals surface area contributed by atoms with Crippen LogP contribution in [0.4, 0.5) is 5.69 Å². The number of phenols is 1. The van der Waals surface area contributed by atoms with Crippen molar-refractivity contribution in [2.24, 2.45) is 0 Å². The average Bonchev–Trinajstić information content (AvgIpc) is 2.42. The van der Waals surface area contributed by atoms with Crippen LogP contribution < -0.4 is 5.32 Å². The van der Waals surface area contributed by atoms with E-state index in [-0.39, 0.29) is 5.91 Å². The van der Waals surface area contributed by atoms with Gasteiger partial charge in [0.05, 0.1) is 0 Å². The molecule has 0 atom stereocenters. The lowest BCUT2D eigenvalue weighted by atomic mass is 10.3. The number of carbonyl (C=O) groups excluding carboxylic acids is 1. The van der Waals surface area contributed by atoms with E-state index in [1.807, 2.05) is 43.3 Å². The van der Waals surface area contributed by atoms with Gasteiger partial charge in [0.25, 0.3) is 0 Å². The number of carbonyl (C=O) groups is 1. The summed E-state index contributed by atoms with van der Waals surface area (Å²) in [7, 11) is 0. The Labute approximate surface area is 113 Å². The first-order valence-electron chi connectivity index (χ1n) is 6.31. The lowest BCUT2D eigenvalue weighted by molar-refractivity contribution is -0.116. The van der Waals surface area contributed by atoms with E-state index in [0.29, 0.717) is 12.2 Å². The Kier molecular flexibility index (Phi) is 6.80. The van der Waals surface area contributed by atoms with Gasteiger partial charge in [0.1, 0.15) is 5.75 Å². The fourth-order valence-electron chi connectivity index (χ4n) is 1.40. The third-order valence-electron chi connectivity index (χ3n) is 2.29. The van der Waals surface area contributed by atoms with E-state index >= 15 is 0 Å². The molecule has 0 aliphatic heterocycles. The molecule has 0 aliphatic carbocycles. The highest BCUT2D eigenvalue weighted by molar-refractivity contribution is 5.90. The van der Waals surface area contributed by atoms with E-state index in [9.17, 15) is 4.79 Å². The van der Waals surface area contributed by atoms with E-state index in [4.69, 9.17) is 5.11 Å². The zero-order valence-electron chi connectivity index (χ0n) is 11.0. The molecule has 0 bridgehead atoms. The van der Waals surface area contributed by atoms with E-state index in [2.05, 4.69) is 5.32 Å². The van der Waals surface area contributed by atoms with Crippen molar-refractivity contribution in [3.05, 3.63) is 60.7 Å². The number of nitrogens with one attached hydrogen (secondary N) is 1. The van der Waals surface area contributed by atoms with Crippen molar-refractivity contribution in [2.75, 3.05) is 5.32 Å². The first-order valence-corrected chi connectivity index (χ1v) is 6.31. The predicted octanol–water partition coefficient (Wildman–Crippen LogP) is 3.82. The SMILES string of the molecule is CCCC(=O)Nc1ccccc1.Oc1ccccc1. The molecule has 2 rings (SSSR count). The molecule has 0 spiro atoms. The maximum absolute atomic E-state index is 11.1. The topological polar surface area (TPSA) is 49.3 Å². The Bertz CT molecular complexity index is 469. The Morgan fingerprint density at radius 2 is 1.53 bits per heavy atom. The summed E-state index contributed by atoms with van der Waals surface area (Å²) in [6.07, 6.45) is 1.48. The number of hydrogen-bond acceptors (Lipinski definition) is 2. The van der Waals surface area contributed by atoms with Gasteiger partial charge in [0.2, 0.25) is 5.91 Å². The Balaban J connectivity index is 0.000000218. The van der Waals surface area contributed by atoms with Crippen molar-refractivity contribution in [1.82, 2.24) is 0 Å². The number of amides is 1. The van der Waals surface area contributed by atoms with Gasteiger partial charge in [-0.25, -0.2) is 0 Å². The monoisotopic (exact) mass is 257 g/mol. The molecule has 2 N–H and O–H groups in total. The zero-order chi connectivity index (χ0) is 13.9. The maximum Gasteiger partial charge on any atom is 0.224 e. The van der Waals surface area contributed by atoms with E-state index in [0.717, 1.165) is 12.1 Å². The van der Waals surface area contributed by atoms with Gasteiger partial charge in [0, 0.05) is 12.1 Å². The minimum absolute atomic E-state index is 0.0868. The van der Waals surface area contributed by atoms with Crippen molar-refractivity contribution < 1.29 is 9.90 Å². The Hall–Kier alpha value is -2.29. The number of rotatable bonds is 3.